The van der Waals surface area contributed by atoms with E-state index >= 15 is 0 Å². The van der Waals surface area contributed by atoms with Crippen molar-refractivity contribution in [1.29, 1.82) is 0 Å². The molecular formula is C84H82O21. The lowest BCUT2D eigenvalue weighted by atomic mass is 9.96. The van der Waals surface area contributed by atoms with Crippen molar-refractivity contribution >= 4 is 29.8 Å². The van der Waals surface area contributed by atoms with E-state index in [4.69, 9.17) is 75.8 Å². The first-order chi connectivity index (χ1) is 51.5. The van der Waals surface area contributed by atoms with Crippen LogP contribution in [0.2, 0.25) is 0 Å². The van der Waals surface area contributed by atoms with Gasteiger partial charge < -0.3 is 75.8 Å². The monoisotopic (exact) mass is 1430 g/mol. The van der Waals surface area contributed by atoms with E-state index in [1.54, 1.807) is 121 Å². The average Bonchev–Trinajstić information content (AvgIpc) is 0.786. The van der Waals surface area contributed by atoms with Gasteiger partial charge in [-0.3, -0.25) is 4.79 Å². The van der Waals surface area contributed by atoms with Crippen LogP contribution in [0, 0.1) is 0 Å². The van der Waals surface area contributed by atoms with Crippen LogP contribution in [0.5, 0.6) is 0 Å². The van der Waals surface area contributed by atoms with Crippen molar-refractivity contribution in [3.8, 4) is 0 Å². The molecule has 3 aliphatic heterocycles. The van der Waals surface area contributed by atoms with E-state index in [0.717, 1.165) is 16.7 Å². The Labute approximate surface area is 608 Å². The van der Waals surface area contributed by atoms with Gasteiger partial charge in [-0.15, -0.1) is 0 Å². The number of carbonyl (C=O) groups excluding carboxylic acids is 5. The van der Waals surface area contributed by atoms with Crippen molar-refractivity contribution in [1.82, 2.24) is 0 Å². The first-order valence-electron chi connectivity index (χ1n) is 34.7. The molecule has 3 aliphatic rings. The summed E-state index contributed by atoms with van der Waals surface area (Å²) in [6, 6.07) is 79.9. The maximum absolute atomic E-state index is 15.0. The minimum Gasteiger partial charge on any atom is -0.463 e. The predicted octanol–water partition coefficient (Wildman–Crippen LogP) is 12.2. The molecule has 0 spiro atoms. The molecule has 0 aliphatic carbocycles. The van der Waals surface area contributed by atoms with Gasteiger partial charge in [0, 0.05) is 14.0 Å². The molecule has 9 aromatic carbocycles. The summed E-state index contributed by atoms with van der Waals surface area (Å²) in [6.07, 6.45) is -20.6. The number of hydrogen-bond donors (Lipinski definition) is 0. The molecule has 3 fully saturated rings. The van der Waals surface area contributed by atoms with E-state index in [1.165, 1.54) is 14.0 Å². The van der Waals surface area contributed by atoms with Crippen molar-refractivity contribution in [3.05, 3.63) is 323 Å². The van der Waals surface area contributed by atoms with Gasteiger partial charge in [0.2, 0.25) is 0 Å². The fourth-order valence-corrected chi connectivity index (χ4v) is 12.5. The highest BCUT2D eigenvalue weighted by atomic mass is 16.8. The fourth-order valence-electron chi connectivity index (χ4n) is 12.5. The van der Waals surface area contributed by atoms with Crippen molar-refractivity contribution < 1.29 is 99.8 Å². The number of esters is 5. The third-order valence-corrected chi connectivity index (χ3v) is 17.7. The zero-order valence-electron chi connectivity index (χ0n) is 57.9. The molecule has 544 valence electrons. The van der Waals surface area contributed by atoms with Crippen molar-refractivity contribution in [3.63, 3.8) is 0 Å². The average molecular weight is 1430 g/mol. The van der Waals surface area contributed by atoms with Crippen molar-refractivity contribution in [2.45, 2.75) is 132 Å². The second-order valence-corrected chi connectivity index (χ2v) is 25.1. The Morgan fingerprint density at radius 2 is 0.505 bits per heavy atom. The smallest absolute Gasteiger partial charge is 0.338 e. The summed E-state index contributed by atoms with van der Waals surface area (Å²) >= 11 is 0. The number of ether oxygens (including phenoxy) is 16. The molecule has 0 radical (unpaired) electrons. The van der Waals surface area contributed by atoms with E-state index in [0.29, 0.717) is 11.1 Å². The topological polar surface area (TPSA) is 233 Å². The lowest BCUT2D eigenvalue weighted by Crippen LogP contribution is -2.65. The van der Waals surface area contributed by atoms with E-state index in [-0.39, 0.29) is 55.3 Å². The Balaban J connectivity index is 0.955. The van der Waals surface area contributed by atoms with Crippen LogP contribution in [0.25, 0.3) is 0 Å². The quantitative estimate of drug-likeness (QED) is 0.0281. The number of carbonyl (C=O) groups is 5. The largest absolute Gasteiger partial charge is 0.463 e. The molecule has 3 saturated heterocycles. The van der Waals surface area contributed by atoms with Gasteiger partial charge in [-0.05, 0) is 76.3 Å². The molecule has 0 aromatic heterocycles. The van der Waals surface area contributed by atoms with Crippen LogP contribution in [-0.2, 0) is 114 Å². The van der Waals surface area contributed by atoms with Crippen LogP contribution in [0.1, 0.15) is 76.2 Å². The molecule has 15 atom stereocenters. The highest BCUT2D eigenvalue weighted by Crippen LogP contribution is 2.38. The molecule has 0 bridgehead atoms. The van der Waals surface area contributed by atoms with Gasteiger partial charge in [0.05, 0.1) is 68.5 Å². The second-order valence-electron chi connectivity index (χ2n) is 25.1. The summed E-state index contributed by atoms with van der Waals surface area (Å²) in [5.41, 5.74) is 4.49. The maximum atomic E-state index is 15.0. The fraction of sp³-hybridized carbons (Fsp3) is 0.298. The van der Waals surface area contributed by atoms with Gasteiger partial charge in [-0.25, -0.2) is 19.2 Å². The minimum absolute atomic E-state index is 0.0750. The summed E-state index contributed by atoms with van der Waals surface area (Å²) in [6.45, 7) is -0.145. The summed E-state index contributed by atoms with van der Waals surface area (Å²) in [5, 5.41) is 0. The van der Waals surface area contributed by atoms with E-state index in [2.05, 4.69) is 0 Å². The normalized spacial score (nSPS) is 24.3. The van der Waals surface area contributed by atoms with Crippen LogP contribution >= 0.6 is 0 Å². The lowest BCUT2D eigenvalue weighted by molar-refractivity contribution is -0.350. The molecule has 0 amide bonds. The molecule has 0 unspecified atom stereocenters. The van der Waals surface area contributed by atoms with Crippen LogP contribution in [0.4, 0.5) is 0 Å². The Kier molecular flexibility index (Phi) is 27.0. The Bertz CT molecular complexity index is 4120. The molecule has 21 heteroatoms. The predicted molar refractivity (Wildman–Crippen MR) is 379 cm³/mol. The first kappa shape index (κ1) is 74.6. The number of rotatable bonds is 32. The molecule has 3 heterocycles. The van der Waals surface area contributed by atoms with Gasteiger partial charge in [-0.2, -0.15) is 0 Å². The van der Waals surface area contributed by atoms with Gasteiger partial charge in [0.25, 0.3) is 0 Å². The van der Waals surface area contributed by atoms with Crippen LogP contribution in [-0.4, -0.2) is 149 Å². The van der Waals surface area contributed by atoms with Crippen molar-refractivity contribution in [2.24, 2.45) is 0 Å². The molecule has 0 N–H and O–H groups in total. The molecule has 105 heavy (non-hydrogen) atoms. The molecular weight excluding hydrogens is 1340 g/mol. The Hall–Kier alpha value is -10.1. The van der Waals surface area contributed by atoms with Crippen LogP contribution < -0.4 is 0 Å². The third kappa shape index (κ3) is 20.7. The Morgan fingerprint density at radius 3 is 0.790 bits per heavy atom. The lowest BCUT2D eigenvalue weighted by Gasteiger charge is -2.48. The third-order valence-electron chi connectivity index (χ3n) is 17.7. The standard InChI is InChI=1S/C84H82O21/c1-56(85)91-53-66-70(93-49-58-32-14-4-15-33-58)73(102-78(86)62-40-22-8-23-41-62)76(104-80(88)64-44-26-10-27-45-64)83(100-66)98-55-68-71(94-50-59-34-16-5-17-35-59)74(103-79(87)63-42-24-9-25-43-63)77(105-81(89)65-46-28-11-29-47-65)84(101-68)97-54-67-69(92-48-57-30-12-3-13-31-57)72(95-51-60-36-18-6-19-37-60)75(82(90-2)99-67)96-52-61-38-20-7-21-39-61/h3-47,66-77,82-84H,48-55H2,1-2H3/t66-,67-,68-,69-,70-,71-,72+,73+,74+,75-,76-,77-,82+,83-,84-/m1/s1. The zero-order valence-corrected chi connectivity index (χ0v) is 57.9. The van der Waals surface area contributed by atoms with Crippen LogP contribution in [0.3, 0.4) is 0 Å². The number of hydrogen-bond acceptors (Lipinski definition) is 21. The van der Waals surface area contributed by atoms with Crippen molar-refractivity contribution in [2.75, 3.05) is 26.9 Å². The highest BCUT2D eigenvalue weighted by Gasteiger charge is 2.57. The molecule has 21 nitrogen and oxygen atoms in total. The summed E-state index contributed by atoms with van der Waals surface area (Å²) in [5.74, 6) is -4.07. The first-order valence-corrected chi connectivity index (χ1v) is 34.7. The minimum atomic E-state index is -1.74. The van der Waals surface area contributed by atoms with E-state index in [1.807, 2.05) is 152 Å². The van der Waals surface area contributed by atoms with Gasteiger partial charge >= 0.3 is 29.8 Å². The molecule has 12 rings (SSSR count). The van der Waals surface area contributed by atoms with Gasteiger partial charge in [0.1, 0.15) is 55.4 Å². The molecule has 9 aromatic rings. The molecule has 0 saturated carbocycles. The number of methoxy groups -OCH3 is 1. The van der Waals surface area contributed by atoms with Gasteiger partial charge in [-0.1, -0.05) is 224 Å². The number of benzene rings is 9. The summed E-state index contributed by atoms with van der Waals surface area (Å²) < 4.78 is 107. The zero-order chi connectivity index (χ0) is 72.5. The maximum Gasteiger partial charge on any atom is 0.338 e. The van der Waals surface area contributed by atoms with E-state index < -0.39 is 142 Å². The van der Waals surface area contributed by atoms with Crippen LogP contribution in [0.15, 0.2) is 273 Å². The Morgan fingerprint density at radius 1 is 0.267 bits per heavy atom. The summed E-state index contributed by atoms with van der Waals surface area (Å²) in [4.78, 5) is 72.0. The SMILES string of the molecule is CO[C@H]1O[C@H](CO[C@@H]2O[C@H](CO[C@@H]3O[C@H](COC(C)=O)[C@@H](OCc4ccccc4)[C@H](OC(=O)c4ccccc4)[C@H]3OC(=O)c3ccccc3)[C@@H](OCc3ccccc3)[C@H](OC(=O)c3ccccc3)[C@H]2OC(=O)c2ccccc2)[C@@H](OCc2ccccc2)[C@H](OCc2ccccc2)[C@H]1OCc1ccccc1. The highest BCUT2D eigenvalue weighted by molar-refractivity contribution is 5.91. The van der Waals surface area contributed by atoms with E-state index in [9.17, 15) is 24.0 Å². The second kappa shape index (κ2) is 38.1. The van der Waals surface area contributed by atoms with Gasteiger partial charge in [0.15, 0.2) is 43.3 Å². The summed E-state index contributed by atoms with van der Waals surface area (Å²) in [7, 11) is 1.49.